The molecule has 2 aromatic carbocycles. The van der Waals surface area contributed by atoms with E-state index in [0.29, 0.717) is 5.75 Å². The van der Waals surface area contributed by atoms with Gasteiger partial charge < -0.3 is 5.11 Å². The smallest absolute Gasteiger partial charge is 0.116 e. The number of fused-ring (bicyclic) bond motifs is 1. The predicted molar refractivity (Wildman–Crippen MR) is 68.7 cm³/mol. The van der Waals surface area contributed by atoms with Gasteiger partial charge in [-0.25, -0.2) is 0 Å². The number of phenols is 1. The van der Waals surface area contributed by atoms with Crippen LogP contribution in [0.5, 0.6) is 5.75 Å². The standard InChI is InChI=1S/C15H16O/c1-11(2)3-4-12-5-6-14-10-15(16)8-7-13(14)9-12/h5-10,16H,1,3-4H2,2H3. The zero-order valence-electron chi connectivity index (χ0n) is 9.53. The number of hydrogen-bond acceptors (Lipinski definition) is 1. The van der Waals surface area contributed by atoms with Crippen molar-refractivity contribution in [1.82, 2.24) is 0 Å². The largest absolute Gasteiger partial charge is 0.508 e. The van der Waals surface area contributed by atoms with Gasteiger partial charge in [0, 0.05) is 0 Å². The first-order valence-corrected chi connectivity index (χ1v) is 5.51. The van der Waals surface area contributed by atoms with E-state index in [9.17, 15) is 5.11 Å². The first-order valence-electron chi connectivity index (χ1n) is 5.51. The van der Waals surface area contributed by atoms with Crippen molar-refractivity contribution in [3.05, 3.63) is 54.1 Å². The highest BCUT2D eigenvalue weighted by atomic mass is 16.3. The molecule has 2 rings (SSSR count). The normalized spacial score (nSPS) is 10.6. The van der Waals surface area contributed by atoms with Gasteiger partial charge in [-0.1, -0.05) is 29.8 Å². The van der Waals surface area contributed by atoms with Gasteiger partial charge in [-0.2, -0.15) is 0 Å². The summed E-state index contributed by atoms with van der Waals surface area (Å²) in [5.74, 6) is 0.321. The average Bonchev–Trinajstić information content (AvgIpc) is 2.26. The molecule has 1 nitrogen and oxygen atoms in total. The first kappa shape index (κ1) is 10.7. The van der Waals surface area contributed by atoms with Gasteiger partial charge in [0.05, 0.1) is 0 Å². The summed E-state index contributed by atoms with van der Waals surface area (Å²) in [7, 11) is 0. The van der Waals surface area contributed by atoms with Crippen molar-refractivity contribution in [2.24, 2.45) is 0 Å². The number of rotatable bonds is 3. The van der Waals surface area contributed by atoms with Crippen LogP contribution in [-0.2, 0) is 6.42 Å². The molecule has 1 N–H and O–H groups in total. The van der Waals surface area contributed by atoms with Crippen molar-refractivity contribution in [2.75, 3.05) is 0 Å². The Morgan fingerprint density at radius 2 is 1.81 bits per heavy atom. The Kier molecular flexibility index (Phi) is 2.95. The van der Waals surface area contributed by atoms with E-state index in [4.69, 9.17) is 0 Å². The van der Waals surface area contributed by atoms with Crippen LogP contribution in [0.1, 0.15) is 18.9 Å². The summed E-state index contributed by atoms with van der Waals surface area (Å²) in [6.07, 6.45) is 2.07. The lowest BCUT2D eigenvalue weighted by Gasteiger charge is -2.04. The molecule has 0 amide bonds. The van der Waals surface area contributed by atoms with Gasteiger partial charge >= 0.3 is 0 Å². The van der Waals surface area contributed by atoms with Crippen LogP contribution in [0.3, 0.4) is 0 Å². The molecule has 0 aliphatic heterocycles. The molecule has 0 saturated carbocycles. The van der Waals surface area contributed by atoms with E-state index in [2.05, 4.69) is 31.7 Å². The van der Waals surface area contributed by atoms with Gasteiger partial charge in [0.25, 0.3) is 0 Å². The zero-order valence-corrected chi connectivity index (χ0v) is 9.53. The van der Waals surface area contributed by atoms with Gasteiger partial charge in [-0.3, -0.25) is 0 Å². The van der Waals surface area contributed by atoms with E-state index < -0.39 is 0 Å². The van der Waals surface area contributed by atoms with Gasteiger partial charge in [0.1, 0.15) is 5.75 Å². The highest BCUT2D eigenvalue weighted by molar-refractivity contribution is 5.84. The SMILES string of the molecule is C=C(C)CCc1ccc2cc(O)ccc2c1. The Labute approximate surface area is 96.0 Å². The number of hydrogen-bond donors (Lipinski definition) is 1. The molecule has 0 radical (unpaired) electrons. The van der Waals surface area contributed by atoms with Crippen molar-refractivity contribution in [1.29, 1.82) is 0 Å². The van der Waals surface area contributed by atoms with Crippen molar-refractivity contribution in [2.45, 2.75) is 19.8 Å². The molecule has 0 atom stereocenters. The van der Waals surface area contributed by atoms with Crippen LogP contribution in [0, 0.1) is 0 Å². The zero-order chi connectivity index (χ0) is 11.5. The average molecular weight is 212 g/mol. The summed E-state index contributed by atoms with van der Waals surface area (Å²) in [5.41, 5.74) is 2.53. The Hall–Kier alpha value is -1.76. The highest BCUT2D eigenvalue weighted by Crippen LogP contribution is 2.21. The lowest BCUT2D eigenvalue weighted by atomic mass is 10.0. The minimum absolute atomic E-state index is 0.321. The molecule has 1 heteroatoms. The minimum atomic E-state index is 0.321. The molecule has 0 unspecified atom stereocenters. The van der Waals surface area contributed by atoms with Gasteiger partial charge in [0.2, 0.25) is 0 Å². The number of benzene rings is 2. The van der Waals surface area contributed by atoms with Gasteiger partial charge in [-0.15, -0.1) is 6.58 Å². The summed E-state index contributed by atoms with van der Waals surface area (Å²) in [4.78, 5) is 0. The summed E-state index contributed by atoms with van der Waals surface area (Å²) in [6.45, 7) is 5.97. The van der Waals surface area contributed by atoms with E-state index >= 15 is 0 Å². The van der Waals surface area contributed by atoms with E-state index in [0.717, 1.165) is 18.2 Å². The maximum absolute atomic E-state index is 9.36. The number of phenolic OH excluding ortho intramolecular Hbond substituents is 1. The molecule has 0 aliphatic carbocycles. The molecule has 0 bridgehead atoms. The Balaban J connectivity index is 2.30. The fraction of sp³-hybridized carbons (Fsp3) is 0.200. The third kappa shape index (κ3) is 2.43. The lowest BCUT2D eigenvalue weighted by Crippen LogP contribution is -1.86. The van der Waals surface area contributed by atoms with Crippen LogP contribution >= 0.6 is 0 Å². The molecule has 82 valence electrons. The van der Waals surface area contributed by atoms with Crippen LogP contribution in [0.15, 0.2) is 48.6 Å². The molecular formula is C15H16O. The first-order chi connectivity index (χ1) is 7.65. The molecule has 16 heavy (non-hydrogen) atoms. The van der Waals surface area contributed by atoms with E-state index in [1.807, 2.05) is 6.07 Å². The second-order valence-corrected chi connectivity index (χ2v) is 4.32. The van der Waals surface area contributed by atoms with E-state index in [1.165, 1.54) is 16.5 Å². The van der Waals surface area contributed by atoms with Gasteiger partial charge in [-0.05, 0) is 48.2 Å². The number of aryl methyl sites for hydroxylation is 1. The summed E-state index contributed by atoms with van der Waals surface area (Å²) in [6, 6.07) is 11.8. The Morgan fingerprint density at radius 3 is 2.56 bits per heavy atom. The van der Waals surface area contributed by atoms with Crippen LogP contribution in [0.25, 0.3) is 10.8 Å². The Morgan fingerprint density at radius 1 is 1.12 bits per heavy atom. The molecule has 0 spiro atoms. The molecular weight excluding hydrogens is 196 g/mol. The van der Waals surface area contributed by atoms with E-state index in [-0.39, 0.29) is 0 Å². The summed E-state index contributed by atoms with van der Waals surface area (Å²) < 4.78 is 0. The predicted octanol–water partition coefficient (Wildman–Crippen LogP) is 4.05. The molecule has 2 aromatic rings. The second kappa shape index (κ2) is 4.40. The van der Waals surface area contributed by atoms with Crippen molar-refractivity contribution in [3.63, 3.8) is 0 Å². The molecule has 0 fully saturated rings. The third-order valence-electron chi connectivity index (χ3n) is 2.73. The molecule has 0 aliphatic rings. The maximum Gasteiger partial charge on any atom is 0.116 e. The monoisotopic (exact) mass is 212 g/mol. The summed E-state index contributed by atoms with van der Waals surface area (Å²) >= 11 is 0. The fourth-order valence-electron chi connectivity index (χ4n) is 1.80. The van der Waals surface area contributed by atoms with Crippen LogP contribution in [0.4, 0.5) is 0 Å². The van der Waals surface area contributed by atoms with Crippen molar-refractivity contribution >= 4 is 10.8 Å². The quantitative estimate of drug-likeness (QED) is 0.761. The topological polar surface area (TPSA) is 20.2 Å². The number of allylic oxidation sites excluding steroid dienone is 1. The lowest BCUT2D eigenvalue weighted by molar-refractivity contribution is 0.476. The van der Waals surface area contributed by atoms with Crippen molar-refractivity contribution < 1.29 is 5.11 Å². The fourth-order valence-corrected chi connectivity index (χ4v) is 1.80. The number of aromatic hydroxyl groups is 1. The molecule has 0 saturated heterocycles. The highest BCUT2D eigenvalue weighted by Gasteiger charge is 1.98. The van der Waals surface area contributed by atoms with E-state index in [1.54, 1.807) is 12.1 Å². The summed E-state index contributed by atoms with van der Waals surface area (Å²) in [5, 5.41) is 11.6. The minimum Gasteiger partial charge on any atom is -0.508 e. The maximum atomic E-state index is 9.36. The Bertz CT molecular complexity index is 526. The van der Waals surface area contributed by atoms with Gasteiger partial charge in [0.15, 0.2) is 0 Å². The van der Waals surface area contributed by atoms with Crippen LogP contribution < -0.4 is 0 Å². The van der Waals surface area contributed by atoms with Crippen LogP contribution in [-0.4, -0.2) is 5.11 Å². The molecule has 0 heterocycles. The second-order valence-electron chi connectivity index (χ2n) is 4.32. The molecule has 0 aromatic heterocycles. The van der Waals surface area contributed by atoms with Crippen molar-refractivity contribution in [3.8, 4) is 5.75 Å². The third-order valence-corrected chi connectivity index (χ3v) is 2.73. The van der Waals surface area contributed by atoms with Crippen LogP contribution in [0.2, 0.25) is 0 Å².